The fourth-order valence-corrected chi connectivity index (χ4v) is 1.53. The van der Waals surface area contributed by atoms with E-state index in [1.165, 1.54) is 6.20 Å². The smallest absolute Gasteiger partial charge is 0.144 e. The molecule has 0 aromatic carbocycles. The van der Waals surface area contributed by atoms with Crippen molar-refractivity contribution in [2.45, 2.75) is 0 Å². The number of rotatable bonds is 4. The van der Waals surface area contributed by atoms with Crippen LogP contribution in [0.2, 0.25) is 5.02 Å². The molecule has 0 saturated carbocycles. The first kappa shape index (κ1) is 11.3. The number of aromatic nitrogens is 1. The number of nitrogens with one attached hydrogen (secondary N) is 1. The Kier molecular flexibility index (Phi) is 4.16. The topological polar surface area (TPSA) is 68.0 Å². The van der Waals surface area contributed by atoms with Gasteiger partial charge in [-0.25, -0.2) is 4.98 Å². The molecule has 1 rings (SSSR count). The summed E-state index contributed by atoms with van der Waals surface area (Å²) in [5.41, 5.74) is 6.01. The summed E-state index contributed by atoms with van der Waals surface area (Å²) in [5, 5.41) is 3.46. The molecule has 0 aliphatic heterocycles. The Balaban J connectivity index is 2.55. The van der Waals surface area contributed by atoms with Gasteiger partial charge in [0.05, 0.1) is 16.9 Å². The van der Waals surface area contributed by atoms with Gasteiger partial charge in [0.1, 0.15) is 5.82 Å². The van der Waals surface area contributed by atoms with Crippen LogP contribution in [0.15, 0.2) is 12.3 Å². The fourth-order valence-electron chi connectivity index (χ4n) is 0.896. The van der Waals surface area contributed by atoms with Gasteiger partial charge in [-0.2, -0.15) is 0 Å². The van der Waals surface area contributed by atoms with Crippen molar-refractivity contribution in [2.24, 2.45) is 0 Å². The van der Waals surface area contributed by atoms with Crippen molar-refractivity contribution in [2.75, 3.05) is 29.6 Å². The first-order valence-electron chi connectivity index (χ1n) is 4.04. The van der Waals surface area contributed by atoms with Gasteiger partial charge in [-0.05, 0) is 6.07 Å². The summed E-state index contributed by atoms with van der Waals surface area (Å²) < 4.78 is 10.8. The van der Waals surface area contributed by atoms with E-state index >= 15 is 0 Å². The molecule has 4 nitrogen and oxygen atoms in total. The Morgan fingerprint density at radius 1 is 1.71 bits per heavy atom. The van der Waals surface area contributed by atoms with Crippen molar-refractivity contribution >= 4 is 33.9 Å². The second-order valence-corrected chi connectivity index (χ2v) is 4.77. The summed E-state index contributed by atoms with van der Waals surface area (Å²) in [5.74, 6) is 1.15. The van der Waals surface area contributed by atoms with Crippen LogP contribution in [0.4, 0.5) is 11.5 Å². The lowest BCUT2D eigenvalue weighted by atomic mass is 10.4. The van der Waals surface area contributed by atoms with E-state index in [9.17, 15) is 4.21 Å². The molecule has 0 aliphatic carbocycles. The van der Waals surface area contributed by atoms with Crippen molar-refractivity contribution in [1.82, 2.24) is 4.98 Å². The molecule has 0 radical (unpaired) electrons. The van der Waals surface area contributed by atoms with E-state index in [0.29, 0.717) is 28.8 Å². The largest absolute Gasteiger partial charge is 0.397 e. The number of nitrogens with zero attached hydrogens (tertiary/aromatic N) is 1. The number of pyridine rings is 1. The first-order valence-corrected chi connectivity index (χ1v) is 6.15. The number of hydrogen-bond donors (Lipinski definition) is 2. The average molecular weight is 234 g/mol. The van der Waals surface area contributed by atoms with E-state index in [2.05, 4.69) is 10.3 Å². The molecule has 1 unspecified atom stereocenters. The van der Waals surface area contributed by atoms with Crippen molar-refractivity contribution in [3.63, 3.8) is 0 Å². The number of anilines is 2. The van der Waals surface area contributed by atoms with E-state index in [1.807, 2.05) is 0 Å². The van der Waals surface area contributed by atoms with Crippen LogP contribution in [0.1, 0.15) is 0 Å². The fraction of sp³-hybridized carbons (Fsp3) is 0.375. The lowest BCUT2D eigenvalue weighted by Crippen LogP contribution is -2.11. The molecule has 3 N–H and O–H groups in total. The molecule has 78 valence electrons. The molecule has 0 fully saturated rings. The number of nitrogen functional groups attached to an aromatic ring is 1. The molecule has 0 saturated heterocycles. The third-order valence-electron chi connectivity index (χ3n) is 1.54. The van der Waals surface area contributed by atoms with Crippen LogP contribution in [0.25, 0.3) is 0 Å². The minimum Gasteiger partial charge on any atom is -0.397 e. The SMILES string of the molecule is CS(=O)CCNc1ncc(N)cc1Cl. The van der Waals surface area contributed by atoms with Crippen LogP contribution in [0.5, 0.6) is 0 Å². The molecule has 6 heteroatoms. The summed E-state index contributed by atoms with van der Waals surface area (Å²) >= 11 is 5.86. The van der Waals surface area contributed by atoms with Crippen LogP contribution >= 0.6 is 11.6 Å². The highest BCUT2D eigenvalue weighted by Gasteiger charge is 2.01. The second kappa shape index (κ2) is 5.17. The zero-order valence-electron chi connectivity index (χ0n) is 7.79. The van der Waals surface area contributed by atoms with Crippen LogP contribution in [-0.4, -0.2) is 27.7 Å². The Morgan fingerprint density at radius 3 is 3.00 bits per heavy atom. The maximum Gasteiger partial charge on any atom is 0.144 e. The molecule has 14 heavy (non-hydrogen) atoms. The Hall–Kier alpha value is -0.810. The number of hydrogen-bond acceptors (Lipinski definition) is 4. The van der Waals surface area contributed by atoms with E-state index in [1.54, 1.807) is 12.3 Å². The van der Waals surface area contributed by atoms with Crippen LogP contribution < -0.4 is 11.1 Å². The quantitative estimate of drug-likeness (QED) is 0.818. The van der Waals surface area contributed by atoms with Crippen molar-refractivity contribution in [3.8, 4) is 0 Å². The first-order chi connectivity index (χ1) is 6.59. The third-order valence-corrected chi connectivity index (χ3v) is 2.61. The summed E-state index contributed by atoms with van der Waals surface area (Å²) in [6.45, 7) is 0.583. The lowest BCUT2D eigenvalue weighted by Gasteiger charge is -2.06. The summed E-state index contributed by atoms with van der Waals surface area (Å²) in [4.78, 5) is 4.01. The predicted octanol–water partition coefficient (Wildman–Crippen LogP) is 1.11. The van der Waals surface area contributed by atoms with Gasteiger partial charge < -0.3 is 11.1 Å². The normalized spacial score (nSPS) is 12.4. The summed E-state index contributed by atoms with van der Waals surface area (Å²) in [7, 11) is -0.808. The lowest BCUT2D eigenvalue weighted by molar-refractivity contribution is 0.687. The molecule has 0 aliphatic rings. The molecule has 0 amide bonds. The van der Waals surface area contributed by atoms with Gasteiger partial charge in [-0.1, -0.05) is 11.6 Å². The summed E-state index contributed by atoms with van der Waals surface area (Å²) in [6.07, 6.45) is 3.18. The highest BCUT2D eigenvalue weighted by Crippen LogP contribution is 2.20. The third kappa shape index (κ3) is 3.51. The van der Waals surface area contributed by atoms with Gasteiger partial charge >= 0.3 is 0 Å². The Morgan fingerprint density at radius 2 is 2.43 bits per heavy atom. The maximum absolute atomic E-state index is 10.8. The number of nitrogens with two attached hydrogens (primary N) is 1. The Bertz CT molecular complexity index is 345. The minimum absolute atomic E-state index is 0.479. The van der Waals surface area contributed by atoms with Gasteiger partial charge in [0.2, 0.25) is 0 Å². The van der Waals surface area contributed by atoms with Crippen LogP contribution in [0, 0.1) is 0 Å². The molecular formula is C8H12ClN3OS. The highest BCUT2D eigenvalue weighted by molar-refractivity contribution is 7.84. The second-order valence-electron chi connectivity index (χ2n) is 2.80. The van der Waals surface area contributed by atoms with E-state index < -0.39 is 10.8 Å². The molecule has 1 atom stereocenters. The number of halogens is 1. The zero-order chi connectivity index (χ0) is 10.6. The van der Waals surface area contributed by atoms with Crippen molar-refractivity contribution < 1.29 is 4.21 Å². The van der Waals surface area contributed by atoms with Crippen LogP contribution in [0.3, 0.4) is 0 Å². The standard InChI is InChI=1S/C8H12ClN3OS/c1-14(13)3-2-11-8-7(9)4-6(10)5-12-8/h4-5H,2-3,10H2,1H3,(H,11,12). The zero-order valence-corrected chi connectivity index (χ0v) is 9.36. The molecule has 0 spiro atoms. The van der Waals surface area contributed by atoms with Crippen molar-refractivity contribution in [3.05, 3.63) is 17.3 Å². The molecule has 0 bridgehead atoms. The molecule has 1 aromatic rings. The van der Waals surface area contributed by atoms with Gasteiger partial charge in [-0.3, -0.25) is 4.21 Å². The molecular weight excluding hydrogens is 222 g/mol. The van der Waals surface area contributed by atoms with Gasteiger partial charge in [0.25, 0.3) is 0 Å². The van der Waals surface area contributed by atoms with E-state index in [-0.39, 0.29) is 0 Å². The van der Waals surface area contributed by atoms with Crippen LogP contribution in [-0.2, 0) is 10.8 Å². The van der Waals surface area contributed by atoms with E-state index in [4.69, 9.17) is 17.3 Å². The molecule has 1 heterocycles. The minimum atomic E-state index is -0.808. The maximum atomic E-state index is 10.8. The van der Waals surface area contributed by atoms with Crippen molar-refractivity contribution in [1.29, 1.82) is 0 Å². The van der Waals surface area contributed by atoms with Gasteiger partial charge in [0.15, 0.2) is 0 Å². The van der Waals surface area contributed by atoms with Gasteiger partial charge in [0, 0.05) is 29.4 Å². The molecule has 1 aromatic heterocycles. The summed E-state index contributed by atoms with van der Waals surface area (Å²) in [6, 6.07) is 1.62. The predicted molar refractivity (Wildman–Crippen MR) is 61.1 cm³/mol. The monoisotopic (exact) mass is 233 g/mol. The van der Waals surface area contributed by atoms with E-state index in [0.717, 1.165) is 0 Å². The average Bonchev–Trinajstić information content (AvgIpc) is 2.08. The highest BCUT2D eigenvalue weighted by atomic mass is 35.5. The van der Waals surface area contributed by atoms with Gasteiger partial charge in [-0.15, -0.1) is 0 Å². The Labute approximate surface area is 90.3 Å².